The minimum Gasteiger partial charge on any atom is -0.366 e. The third kappa shape index (κ3) is 3.23. The third-order valence-electron chi connectivity index (χ3n) is 4.64. The molecule has 2 N–H and O–H groups in total. The van der Waals surface area contributed by atoms with Crippen LogP contribution in [0.3, 0.4) is 0 Å². The second kappa shape index (κ2) is 6.80. The van der Waals surface area contributed by atoms with E-state index < -0.39 is 17.6 Å². The van der Waals surface area contributed by atoms with E-state index in [-0.39, 0.29) is 5.56 Å². The zero-order valence-corrected chi connectivity index (χ0v) is 16.5. The number of halogens is 4. The van der Waals surface area contributed by atoms with Crippen molar-refractivity contribution in [1.29, 1.82) is 0 Å². The van der Waals surface area contributed by atoms with E-state index >= 15 is 0 Å². The van der Waals surface area contributed by atoms with Gasteiger partial charge in [-0.05, 0) is 70.6 Å². The Morgan fingerprint density at radius 1 is 1.11 bits per heavy atom. The lowest BCUT2D eigenvalue weighted by Crippen LogP contribution is -2.11. The first-order valence-electron chi connectivity index (χ1n) is 8.34. The molecular formula is C21H13F3IN2O. The molecule has 3 aromatic carbocycles. The summed E-state index contributed by atoms with van der Waals surface area (Å²) in [6, 6.07) is 17.5. The van der Waals surface area contributed by atoms with Crippen LogP contribution >= 0.6 is 22.6 Å². The Labute approximate surface area is 172 Å². The molecule has 0 fully saturated rings. The molecule has 0 bridgehead atoms. The summed E-state index contributed by atoms with van der Waals surface area (Å²) in [6.45, 7) is 0.355. The number of hydrogen-bond acceptors (Lipinski definition) is 1. The molecule has 1 radical (unpaired) electrons. The number of benzene rings is 3. The number of carbonyl (C=O) groups excluding carboxylic acids is 1. The van der Waals surface area contributed by atoms with Crippen molar-refractivity contribution in [2.75, 3.05) is 0 Å². The molecule has 3 nitrogen and oxygen atoms in total. The fourth-order valence-corrected chi connectivity index (χ4v) is 3.73. The van der Waals surface area contributed by atoms with Crippen LogP contribution in [-0.2, 0) is 12.7 Å². The highest BCUT2D eigenvalue weighted by Crippen LogP contribution is 2.36. The number of nitrogens with two attached hydrogens (primary N) is 1. The maximum atomic E-state index is 13.3. The average Bonchev–Trinajstić information content (AvgIpc) is 2.96. The molecule has 0 saturated carbocycles. The second-order valence-corrected chi connectivity index (χ2v) is 7.67. The fraction of sp³-hybridized carbons (Fsp3) is 0.0952. The summed E-state index contributed by atoms with van der Waals surface area (Å²) >= 11 is 2.19. The van der Waals surface area contributed by atoms with Gasteiger partial charge < -0.3 is 10.3 Å². The number of fused-ring (bicyclic) bond motifs is 3. The molecule has 141 valence electrons. The predicted molar refractivity (Wildman–Crippen MR) is 110 cm³/mol. The molecule has 1 heterocycles. The highest BCUT2D eigenvalue weighted by molar-refractivity contribution is 14.1. The molecule has 0 unspecified atom stereocenters. The van der Waals surface area contributed by atoms with Crippen LogP contribution in [-0.4, -0.2) is 10.5 Å². The van der Waals surface area contributed by atoms with Gasteiger partial charge in [-0.15, -0.1) is 0 Å². The number of nitrogens with zero attached hydrogens (tertiary/aromatic N) is 1. The highest BCUT2D eigenvalue weighted by Gasteiger charge is 2.31. The Morgan fingerprint density at radius 2 is 1.82 bits per heavy atom. The van der Waals surface area contributed by atoms with Crippen LogP contribution in [0.5, 0.6) is 0 Å². The van der Waals surface area contributed by atoms with Crippen LogP contribution in [0.15, 0.2) is 54.6 Å². The van der Waals surface area contributed by atoms with Gasteiger partial charge in [-0.3, -0.25) is 4.79 Å². The Morgan fingerprint density at radius 3 is 2.46 bits per heavy atom. The Kier molecular flexibility index (Phi) is 4.57. The molecule has 0 atom stereocenters. The summed E-state index contributed by atoms with van der Waals surface area (Å²) in [7, 11) is 0. The normalized spacial score (nSPS) is 12.0. The number of primary amides is 1. The van der Waals surface area contributed by atoms with Gasteiger partial charge in [0, 0.05) is 26.5 Å². The van der Waals surface area contributed by atoms with Gasteiger partial charge in [-0.2, -0.15) is 13.2 Å². The Bertz CT molecular complexity index is 1210. The highest BCUT2D eigenvalue weighted by atomic mass is 127. The summed E-state index contributed by atoms with van der Waals surface area (Å²) in [6.07, 6.45) is -4.48. The fourth-order valence-electron chi connectivity index (χ4n) is 3.37. The topological polar surface area (TPSA) is 48.0 Å². The molecular weight excluding hydrogens is 480 g/mol. The van der Waals surface area contributed by atoms with Crippen LogP contribution < -0.4 is 5.73 Å². The van der Waals surface area contributed by atoms with Crippen LogP contribution in [0.4, 0.5) is 13.2 Å². The second-order valence-electron chi connectivity index (χ2n) is 6.42. The van der Waals surface area contributed by atoms with Crippen LogP contribution in [0.2, 0.25) is 0 Å². The smallest absolute Gasteiger partial charge is 0.366 e. The molecule has 1 aromatic heterocycles. The SMILES string of the molecule is NC(=O)c1cccc2c1c1[c]cc(C(F)(F)F)cc1n2Cc1ccc(I)cc1. The van der Waals surface area contributed by atoms with Crippen LogP contribution in [0.25, 0.3) is 21.8 Å². The van der Waals surface area contributed by atoms with E-state index in [0.717, 1.165) is 21.3 Å². The largest absolute Gasteiger partial charge is 0.416 e. The van der Waals surface area contributed by atoms with E-state index in [1.54, 1.807) is 22.8 Å². The van der Waals surface area contributed by atoms with Crippen molar-refractivity contribution in [1.82, 2.24) is 4.57 Å². The van der Waals surface area contributed by atoms with E-state index in [9.17, 15) is 18.0 Å². The summed E-state index contributed by atoms with van der Waals surface area (Å²) in [5, 5.41) is 0.965. The van der Waals surface area contributed by atoms with E-state index in [2.05, 4.69) is 28.7 Å². The van der Waals surface area contributed by atoms with E-state index in [4.69, 9.17) is 5.73 Å². The number of carbonyl (C=O) groups is 1. The monoisotopic (exact) mass is 493 g/mol. The molecule has 4 rings (SSSR count). The minimum absolute atomic E-state index is 0.264. The van der Waals surface area contributed by atoms with Crippen molar-refractivity contribution in [2.45, 2.75) is 12.7 Å². The average molecular weight is 493 g/mol. The van der Waals surface area contributed by atoms with Crippen LogP contribution in [0.1, 0.15) is 21.5 Å². The first-order valence-corrected chi connectivity index (χ1v) is 9.41. The van der Waals surface area contributed by atoms with Gasteiger partial charge in [0.05, 0.1) is 16.6 Å². The number of amides is 1. The lowest BCUT2D eigenvalue weighted by atomic mass is 10.0. The molecule has 28 heavy (non-hydrogen) atoms. The molecule has 0 saturated heterocycles. The van der Waals surface area contributed by atoms with Crippen molar-refractivity contribution < 1.29 is 18.0 Å². The first kappa shape index (κ1) is 18.8. The van der Waals surface area contributed by atoms with Crippen LogP contribution in [0, 0.1) is 9.64 Å². The maximum absolute atomic E-state index is 13.3. The lowest BCUT2D eigenvalue weighted by Gasteiger charge is -2.10. The summed E-state index contributed by atoms with van der Waals surface area (Å²) in [5.74, 6) is -0.632. The Hall–Kier alpha value is -2.55. The molecule has 7 heteroatoms. The molecule has 0 aliphatic carbocycles. The predicted octanol–water partition coefficient (Wildman–Crippen LogP) is 5.37. The van der Waals surface area contributed by atoms with Crippen molar-refractivity contribution >= 4 is 50.3 Å². The lowest BCUT2D eigenvalue weighted by molar-refractivity contribution is -0.137. The number of alkyl halides is 3. The summed E-state index contributed by atoms with van der Waals surface area (Å²) < 4.78 is 42.7. The van der Waals surface area contributed by atoms with Gasteiger partial charge in [0.25, 0.3) is 0 Å². The zero-order chi connectivity index (χ0) is 20.1. The molecule has 0 aliphatic rings. The quantitative estimate of drug-likeness (QED) is 0.384. The zero-order valence-electron chi connectivity index (χ0n) is 14.3. The number of hydrogen-bond donors (Lipinski definition) is 1. The first-order chi connectivity index (χ1) is 13.3. The Balaban J connectivity index is 2.04. The van der Waals surface area contributed by atoms with E-state index in [1.807, 2.05) is 24.3 Å². The van der Waals surface area contributed by atoms with Gasteiger partial charge in [0.1, 0.15) is 0 Å². The molecule has 0 spiro atoms. The van der Waals surface area contributed by atoms with Gasteiger partial charge in [-0.25, -0.2) is 0 Å². The number of aromatic nitrogens is 1. The van der Waals surface area contributed by atoms with Gasteiger partial charge in [0.15, 0.2) is 0 Å². The number of rotatable bonds is 3. The van der Waals surface area contributed by atoms with Gasteiger partial charge in [0.2, 0.25) is 5.91 Å². The third-order valence-corrected chi connectivity index (χ3v) is 5.36. The summed E-state index contributed by atoms with van der Waals surface area (Å²) in [5.41, 5.74) is 6.91. The standard InChI is InChI=1S/C21H13F3IN2O/c22-21(23,24)13-6-9-15-18(10-13)27(11-12-4-7-14(25)8-5-12)17-3-1-2-16(19(15)17)20(26)28/h1-8,10H,11H2,(H2,26,28). The maximum Gasteiger partial charge on any atom is 0.416 e. The van der Waals surface area contributed by atoms with E-state index in [1.165, 1.54) is 0 Å². The van der Waals surface area contributed by atoms with Gasteiger partial charge in [-0.1, -0.05) is 18.2 Å². The van der Waals surface area contributed by atoms with Crippen molar-refractivity contribution in [2.24, 2.45) is 5.73 Å². The summed E-state index contributed by atoms with van der Waals surface area (Å²) in [4.78, 5) is 11.9. The van der Waals surface area contributed by atoms with Crippen molar-refractivity contribution in [3.05, 3.63) is 80.9 Å². The van der Waals surface area contributed by atoms with Crippen molar-refractivity contribution in [3.8, 4) is 0 Å². The molecule has 4 aromatic rings. The molecule has 0 aliphatic heterocycles. The van der Waals surface area contributed by atoms with Gasteiger partial charge >= 0.3 is 6.18 Å². The molecule has 1 amide bonds. The minimum atomic E-state index is -4.48. The van der Waals surface area contributed by atoms with Crippen molar-refractivity contribution in [3.63, 3.8) is 0 Å². The van der Waals surface area contributed by atoms with E-state index in [0.29, 0.717) is 28.4 Å².